The summed E-state index contributed by atoms with van der Waals surface area (Å²) in [6, 6.07) is 6.79. The summed E-state index contributed by atoms with van der Waals surface area (Å²) in [6.07, 6.45) is 0.226. The molecule has 0 radical (unpaired) electrons. The van der Waals surface area contributed by atoms with Crippen LogP contribution in [0.15, 0.2) is 24.3 Å². The first kappa shape index (κ1) is 12.1. The molecule has 0 unspecified atom stereocenters. The fourth-order valence-corrected chi connectivity index (χ4v) is 2.95. The summed E-state index contributed by atoms with van der Waals surface area (Å²) >= 11 is 0. The minimum Gasteiger partial charge on any atom is -0.294 e. The van der Waals surface area contributed by atoms with Crippen LogP contribution in [-0.4, -0.2) is 39.1 Å². The molecule has 0 atom stereocenters. The average Bonchev–Trinajstić information content (AvgIpc) is 2.29. The lowest BCUT2D eigenvalue weighted by molar-refractivity contribution is 0.0982. The van der Waals surface area contributed by atoms with E-state index in [-0.39, 0.29) is 18.7 Å². The molecule has 92 valence electrons. The Balaban J connectivity index is 2.55. The minimum absolute atomic E-state index is 0.00851. The molecule has 0 saturated carbocycles. The van der Waals surface area contributed by atoms with E-state index in [2.05, 4.69) is 0 Å². The van der Waals surface area contributed by atoms with E-state index in [1.807, 2.05) is 0 Å². The van der Waals surface area contributed by atoms with Crippen LogP contribution in [0.4, 0.5) is 5.69 Å². The van der Waals surface area contributed by atoms with Crippen LogP contribution in [0.1, 0.15) is 16.8 Å². The normalized spacial score (nSPS) is 16.2. The molecular formula is C11H14N2O3S. The van der Waals surface area contributed by atoms with Gasteiger partial charge in [-0.1, -0.05) is 12.1 Å². The van der Waals surface area contributed by atoms with Crippen molar-refractivity contribution in [3.8, 4) is 0 Å². The van der Waals surface area contributed by atoms with Gasteiger partial charge < -0.3 is 0 Å². The highest BCUT2D eigenvalue weighted by atomic mass is 32.2. The largest absolute Gasteiger partial charge is 0.303 e. The van der Waals surface area contributed by atoms with Crippen molar-refractivity contribution in [3.05, 3.63) is 29.8 Å². The van der Waals surface area contributed by atoms with Crippen LogP contribution < -0.4 is 4.31 Å². The second-order valence-corrected chi connectivity index (χ2v) is 6.12. The number of carbonyl (C=O) groups excluding carboxylic acids is 1. The van der Waals surface area contributed by atoms with Crippen molar-refractivity contribution in [1.82, 2.24) is 4.31 Å². The number of hydrogen-bond acceptors (Lipinski definition) is 3. The monoisotopic (exact) mass is 254 g/mol. The van der Waals surface area contributed by atoms with Crippen LogP contribution in [-0.2, 0) is 10.2 Å². The molecule has 0 amide bonds. The van der Waals surface area contributed by atoms with E-state index in [4.69, 9.17) is 0 Å². The molecule has 1 aromatic carbocycles. The SMILES string of the molecule is CN(C)S(=O)(=O)N1CCC(=O)c2ccccc21. The first-order valence-electron chi connectivity index (χ1n) is 5.27. The number of fused-ring (bicyclic) bond motifs is 1. The molecule has 5 nitrogen and oxygen atoms in total. The van der Waals surface area contributed by atoms with Gasteiger partial charge in [0.15, 0.2) is 5.78 Å². The molecule has 0 spiro atoms. The maximum Gasteiger partial charge on any atom is 0.303 e. The molecular weight excluding hydrogens is 240 g/mol. The average molecular weight is 254 g/mol. The van der Waals surface area contributed by atoms with Crippen LogP contribution in [0.25, 0.3) is 0 Å². The minimum atomic E-state index is -3.52. The Kier molecular flexibility index (Phi) is 2.92. The Bertz CT molecular complexity index is 552. The lowest BCUT2D eigenvalue weighted by Gasteiger charge is -2.31. The second-order valence-electron chi connectivity index (χ2n) is 4.05. The smallest absolute Gasteiger partial charge is 0.294 e. The molecule has 0 N–H and O–H groups in total. The number of anilines is 1. The predicted molar refractivity (Wildman–Crippen MR) is 65.3 cm³/mol. The zero-order chi connectivity index (χ0) is 12.6. The lowest BCUT2D eigenvalue weighted by atomic mass is 10.0. The molecule has 1 aliphatic heterocycles. The number of Topliss-reactive ketones (excluding diaryl/α,β-unsaturated/α-hetero) is 1. The Hall–Kier alpha value is -1.40. The third-order valence-corrected chi connectivity index (χ3v) is 4.61. The number of benzene rings is 1. The number of rotatable bonds is 2. The van der Waals surface area contributed by atoms with Crippen LogP contribution in [0, 0.1) is 0 Å². The summed E-state index contributed by atoms with van der Waals surface area (Å²) in [4.78, 5) is 11.7. The zero-order valence-corrected chi connectivity index (χ0v) is 10.6. The number of hydrogen-bond donors (Lipinski definition) is 0. The van der Waals surface area contributed by atoms with Gasteiger partial charge in [0, 0.05) is 32.6 Å². The van der Waals surface area contributed by atoms with Crippen LogP contribution >= 0.6 is 0 Å². The van der Waals surface area contributed by atoms with Crippen molar-refractivity contribution < 1.29 is 13.2 Å². The zero-order valence-electron chi connectivity index (χ0n) is 9.75. The Morgan fingerprint density at radius 3 is 2.53 bits per heavy atom. The molecule has 6 heteroatoms. The first-order chi connectivity index (χ1) is 7.94. The number of nitrogens with zero attached hydrogens (tertiary/aromatic N) is 2. The van der Waals surface area contributed by atoms with Gasteiger partial charge in [-0.25, -0.2) is 0 Å². The van der Waals surface area contributed by atoms with Crippen molar-refractivity contribution >= 4 is 21.7 Å². The highest BCUT2D eigenvalue weighted by Gasteiger charge is 2.31. The second kappa shape index (κ2) is 4.12. The third kappa shape index (κ3) is 1.94. The van der Waals surface area contributed by atoms with Crippen molar-refractivity contribution in [2.24, 2.45) is 0 Å². The lowest BCUT2D eigenvalue weighted by Crippen LogP contribution is -2.43. The number of ketones is 1. The van der Waals surface area contributed by atoms with Crippen molar-refractivity contribution in [2.45, 2.75) is 6.42 Å². The fraction of sp³-hybridized carbons (Fsp3) is 0.364. The van der Waals surface area contributed by atoms with E-state index in [1.54, 1.807) is 24.3 Å². The van der Waals surface area contributed by atoms with Crippen molar-refractivity contribution in [1.29, 1.82) is 0 Å². The molecule has 0 bridgehead atoms. The van der Waals surface area contributed by atoms with Gasteiger partial charge in [0.05, 0.1) is 5.69 Å². The van der Waals surface area contributed by atoms with Gasteiger partial charge in [-0.05, 0) is 12.1 Å². The van der Waals surface area contributed by atoms with E-state index in [0.717, 1.165) is 4.31 Å². The Morgan fingerprint density at radius 1 is 1.24 bits per heavy atom. The molecule has 2 rings (SSSR count). The van der Waals surface area contributed by atoms with Gasteiger partial charge in [-0.2, -0.15) is 12.7 Å². The van der Waals surface area contributed by atoms with Crippen molar-refractivity contribution in [3.63, 3.8) is 0 Å². The van der Waals surface area contributed by atoms with Gasteiger partial charge in [0.1, 0.15) is 0 Å². The predicted octanol–water partition coefficient (Wildman–Crippen LogP) is 0.886. The topological polar surface area (TPSA) is 57.7 Å². The fourth-order valence-electron chi connectivity index (χ4n) is 1.82. The summed E-state index contributed by atoms with van der Waals surface area (Å²) in [6.45, 7) is 0.205. The molecule has 0 aliphatic carbocycles. The maximum absolute atomic E-state index is 12.1. The van der Waals surface area contributed by atoms with Gasteiger partial charge in [-0.15, -0.1) is 0 Å². The van der Waals surface area contributed by atoms with E-state index in [9.17, 15) is 13.2 Å². The van der Waals surface area contributed by atoms with E-state index < -0.39 is 10.2 Å². The molecule has 1 heterocycles. The molecule has 1 aromatic rings. The summed E-state index contributed by atoms with van der Waals surface area (Å²) in [7, 11) is -0.561. The summed E-state index contributed by atoms with van der Waals surface area (Å²) < 4.78 is 26.6. The summed E-state index contributed by atoms with van der Waals surface area (Å²) in [5.74, 6) is -0.00851. The summed E-state index contributed by atoms with van der Waals surface area (Å²) in [5.41, 5.74) is 0.946. The first-order valence-corrected chi connectivity index (χ1v) is 6.66. The van der Waals surface area contributed by atoms with Gasteiger partial charge in [0.25, 0.3) is 0 Å². The molecule has 0 aromatic heterocycles. The Labute approximate surface area is 101 Å². The van der Waals surface area contributed by atoms with Gasteiger partial charge >= 0.3 is 10.2 Å². The maximum atomic E-state index is 12.1. The van der Waals surface area contributed by atoms with Gasteiger partial charge in [0.2, 0.25) is 0 Å². The van der Waals surface area contributed by atoms with Crippen LogP contribution in [0.5, 0.6) is 0 Å². The van der Waals surface area contributed by atoms with Gasteiger partial charge in [-0.3, -0.25) is 9.10 Å². The highest BCUT2D eigenvalue weighted by molar-refractivity contribution is 7.90. The molecule has 1 aliphatic rings. The highest BCUT2D eigenvalue weighted by Crippen LogP contribution is 2.29. The van der Waals surface area contributed by atoms with Crippen LogP contribution in [0.2, 0.25) is 0 Å². The summed E-state index contributed by atoms with van der Waals surface area (Å²) in [5, 5.41) is 0. The standard InChI is InChI=1S/C11H14N2O3S/c1-12(2)17(15,16)13-8-7-11(14)9-5-3-4-6-10(9)13/h3-6H,7-8H2,1-2H3. The number of carbonyl (C=O) groups is 1. The molecule has 0 saturated heterocycles. The molecule has 17 heavy (non-hydrogen) atoms. The Morgan fingerprint density at radius 2 is 1.88 bits per heavy atom. The van der Waals surface area contributed by atoms with Crippen molar-refractivity contribution in [2.75, 3.05) is 24.9 Å². The van der Waals surface area contributed by atoms with E-state index in [0.29, 0.717) is 11.3 Å². The quantitative estimate of drug-likeness (QED) is 0.787. The van der Waals surface area contributed by atoms with Crippen LogP contribution in [0.3, 0.4) is 0 Å². The van der Waals surface area contributed by atoms with E-state index >= 15 is 0 Å². The van der Waals surface area contributed by atoms with E-state index in [1.165, 1.54) is 18.4 Å². The third-order valence-electron chi connectivity index (χ3n) is 2.76. The molecule has 0 fully saturated rings. The number of para-hydroxylation sites is 1.